The molecule has 0 unspecified atom stereocenters. The van der Waals surface area contributed by atoms with Crippen molar-refractivity contribution in [2.45, 2.75) is 30.9 Å². The average Bonchev–Trinajstić information content (AvgIpc) is 3.17. The lowest BCUT2D eigenvalue weighted by atomic mass is 10.2. The smallest absolute Gasteiger partial charge is 0.253 e. The number of piperazine rings is 1. The van der Waals surface area contributed by atoms with E-state index < -0.39 is 10.0 Å². The molecule has 1 saturated heterocycles. The van der Waals surface area contributed by atoms with Gasteiger partial charge in [0, 0.05) is 31.7 Å². The molecule has 1 heterocycles. The van der Waals surface area contributed by atoms with Crippen LogP contribution in [0.3, 0.4) is 0 Å². The van der Waals surface area contributed by atoms with Gasteiger partial charge in [-0.1, -0.05) is 12.8 Å². The van der Waals surface area contributed by atoms with Crippen molar-refractivity contribution in [3.05, 3.63) is 29.8 Å². The minimum Gasteiger partial charge on any atom is -0.497 e. The van der Waals surface area contributed by atoms with Gasteiger partial charge < -0.3 is 9.64 Å². The van der Waals surface area contributed by atoms with Crippen LogP contribution in [0.1, 0.15) is 36.0 Å². The van der Waals surface area contributed by atoms with Crippen LogP contribution >= 0.6 is 0 Å². The number of amides is 1. The third kappa shape index (κ3) is 3.42. The molecule has 0 bridgehead atoms. The maximum absolute atomic E-state index is 12.6. The molecule has 1 amide bonds. The van der Waals surface area contributed by atoms with Crippen LogP contribution in [-0.4, -0.2) is 62.1 Å². The lowest BCUT2D eigenvalue weighted by Gasteiger charge is -2.35. The van der Waals surface area contributed by atoms with Gasteiger partial charge in [0.25, 0.3) is 5.91 Å². The first-order valence-corrected chi connectivity index (χ1v) is 9.95. The summed E-state index contributed by atoms with van der Waals surface area (Å²) in [6.45, 7) is 1.66. The summed E-state index contributed by atoms with van der Waals surface area (Å²) >= 11 is 0. The highest BCUT2D eigenvalue weighted by atomic mass is 32.2. The van der Waals surface area contributed by atoms with Gasteiger partial charge in [-0.2, -0.15) is 4.31 Å². The summed E-state index contributed by atoms with van der Waals surface area (Å²) in [5.41, 5.74) is 0.600. The number of benzene rings is 1. The summed E-state index contributed by atoms with van der Waals surface area (Å²) < 4.78 is 31.9. The highest BCUT2D eigenvalue weighted by Gasteiger charge is 2.36. The molecule has 0 N–H and O–H groups in total. The van der Waals surface area contributed by atoms with E-state index >= 15 is 0 Å². The van der Waals surface area contributed by atoms with Crippen molar-refractivity contribution < 1.29 is 17.9 Å². The second-order valence-corrected chi connectivity index (χ2v) is 8.58. The van der Waals surface area contributed by atoms with Crippen molar-refractivity contribution in [2.24, 2.45) is 0 Å². The zero-order valence-corrected chi connectivity index (χ0v) is 14.8. The van der Waals surface area contributed by atoms with Gasteiger partial charge in [0.05, 0.1) is 12.4 Å². The normalized spacial score (nSPS) is 20.3. The first kappa shape index (κ1) is 17.2. The molecule has 0 aromatic heterocycles. The van der Waals surface area contributed by atoms with E-state index in [1.807, 2.05) is 0 Å². The van der Waals surface area contributed by atoms with Crippen molar-refractivity contribution in [1.82, 2.24) is 9.21 Å². The molecule has 2 aliphatic rings. The zero-order valence-electron chi connectivity index (χ0n) is 14.0. The molecule has 1 saturated carbocycles. The van der Waals surface area contributed by atoms with E-state index in [4.69, 9.17) is 4.74 Å². The third-order valence-electron chi connectivity index (χ3n) is 4.95. The molecule has 0 radical (unpaired) electrons. The largest absolute Gasteiger partial charge is 0.497 e. The molecule has 3 rings (SSSR count). The van der Waals surface area contributed by atoms with Crippen LogP contribution < -0.4 is 4.74 Å². The van der Waals surface area contributed by atoms with Crippen molar-refractivity contribution in [3.8, 4) is 5.75 Å². The Bertz CT molecular complexity index is 673. The fourth-order valence-electron chi connectivity index (χ4n) is 3.46. The molecule has 6 nitrogen and oxygen atoms in total. The maximum Gasteiger partial charge on any atom is 0.253 e. The van der Waals surface area contributed by atoms with Crippen LogP contribution in [0.4, 0.5) is 0 Å². The number of hydrogen-bond donors (Lipinski definition) is 0. The van der Waals surface area contributed by atoms with Gasteiger partial charge in [-0.05, 0) is 37.1 Å². The molecular formula is C17H24N2O4S. The number of carbonyl (C=O) groups is 1. The summed E-state index contributed by atoms with van der Waals surface area (Å²) in [5.74, 6) is 0.648. The van der Waals surface area contributed by atoms with Crippen LogP contribution in [0.25, 0.3) is 0 Å². The van der Waals surface area contributed by atoms with Crippen LogP contribution in [0.5, 0.6) is 5.75 Å². The van der Waals surface area contributed by atoms with Crippen LogP contribution in [-0.2, 0) is 10.0 Å². The minimum atomic E-state index is -3.21. The topological polar surface area (TPSA) is 66.9 Å². The van der Waals surface area contributed by atoms with E-state index in [1.165, 1.54) is 0 Å². The average molecular weight is 352 g/mol. The van der Waals surface area contributed by atoms with E-state index in [2.05, 4.69) is 0 Å². The first-order valence-electron chi connectivity index (χ1n) is 8.44. The number of hydrogen-bond acceptors (Lipinski definition) is 4. The summed E-state index contributed by atoms with van der Waals surface area (Å²) in [4.78, 5) is 14.3. The standard InChI is InChI=1S/C17H24N2O4S/c1-23-15-8-6-14(7-9-15)17(20)18-10-12-19(13-11-18)24(21,22)16-4-2-3-5-16/h6-9,16H,2-5,10-13H2,1H3. The van der Waals surface area contributed by atoms with E-state index in [0.717, 1.165) is 25.7 Å². The molecule has 0 atom stereocenters. The molecule has 24 heavy (non-hydrogen) atoms. The number of ether oxygens (including phenoxy) is 1. The molecule has 1 aliphatic heterocycles. The molecule has 132 valence electrons. The number of methoxy groups -OCH3 is 1. The minimum absolute atomic E-state index is 0.0597. The summed E-state index contributed by atoms with van der Waals surface area (Å²) in [7, 11) is -1.62. The Morgan fingerprint density at radius 1 is 1.04 bits per heavy atom. The summed E-state index contributed by atoms with van der Waals surface area (Å²) in [6, 6.07) is 6.99. The number of rotatable bonds is 4. The second kappa shape index (κ2) is 7.11. The van der Waals surface area contributed by atoms with Gasteiger partial charge in [-0.15, -0.1) is 0 Å². The molecule has 1 aromatic carbocycles. The Labute approximate surface area is 143 Å². The highest BCUT2D eigenvalue weighted by molar-refractivity contribution is 7.89. The Kier molecular flexibility index (Phi) is 5.10. The van der Waals surface area contributed by atoms with Crippen molar-refractivity contribution >= 4 is 15.9 Å². The SMILES string of the molecule is COc1ccc(C(=O)N2CCN(S(=O)(=O)C3CCCC3)CC2)cc1. The van der Waals surface area contributed by atoms with Crippen LogP contribution in [0, 0.1) is 0 Å². The predicted octanol–water partition coefficient (Wildman–Crippen LogP) is 1.73. The quantitative estimate of drug-likeness (QED) is 0.828. The van der Waals surface area contributed by atoms with Crippen molar-refractivity contribution in [1.29, 1.82) is 0 Å². The lowest BCUT2D eigenvalue weighted by Crippen LogP contribution is -2.52. The summed E-state index contributed by atoms with van der Waals surface area (Å²) in [6.07, 6.45) is 3.54. The summed E-state index contributed by atoms with van der Waals surface area (Å²) in [5, 5.41) is -0.221. The number of sulfonamides is 1. The van der Waals surface area contributed by atoms with Crippen molar-refractivity contribution in [3.63, 3.8) is 0 Å². The highest BCUT2D eigenvalue weighted by Crippen LogP contribution is 2.27. The van der Waals surface area contributed by atoms with Crippen molar-refractivity contribution in [2.75, 3.05) is 33.3 Å². The predicted molar refractivity (Wildman–Crippen MR) is 91.6 cm³/mol. The van der Waals surface area contributed by atoms with E-state index in [9.17, 15) is 13.2 Å². The Hall–Kier alpha value is -1.60. The number of carbonyl (C=O) groups excluding carboxylic acids is 1. The molecule has 7 heteroatoms. The van der Waals surface area contributed by atoms with E-state index in [0.29, 0.717) is 37.5 Å². The number of nitrogens with zero attached hydrogens (tertiary/aromatic N) is 2. The molecular weight excluding hydrogens is 328 g/mol. The Morgan fingerprint density at radius 3 is 2.17 bits per heavy atom. The van der Waals surface area contributed by atoms with E-state index in [-0.39, 0.29) is 11.2 Å². The van der Waals surface area contributed by atoms with Gasteiger partial charge in [0.15, 0.2) is 0 Å². The monoisotopic (exact) mass is 352 g/mol. The fourth-order valence-corrected chi connectivity index (χ4v) is 5.48. The Balaban J connectivity index is 1.60. The Morgan fingerprint density at radius 2 is 1.62 bits per heavy atom. The molecule has 0 spiro atoms. The van der Waals surface area contributed by atoms with Crippen LogP contribution in [0.15, 0.2) is 24.3 Å². The maximum atomic E-state index is 12.6. The second-order valence-electron chi connectivity index (χ2n) is 6.37. The molecule has 2 fully saturated rings. The fraction of sp³-hybridized carbons (Fsp3) is 0.588. The molecule has 1 aromatic rings. The van der Waals surface area contributed by atoms with Gasteiger partial charge >= 0.3 is 0 Å². The van der Waals surface area contributed by atoms with Crippen LogP contribution in [0.2, 0.25) is 0 Å². The van der Waals surface area contributed by atoms with Gasteiger partial charge in [0.2, 0.25) is 10.0 Å². The molecule has 1 aliphatic carbocycles. The zero-order chi connectivity index (χ0) is 17.2. The lowest BCUT2D eigenvalue weighted by molar-refractivity contribution is 0.0697. The third-order valence-corrected chi connectivity index (χ3v) is 7.34. The van der Waals surface area contributed by atoms with Gasteiger partial charge in [0.1, 0.15) is 5.75 Å². The van der Waals surface area contributed by atoms with Gasteiger partial charge in [-0.3, -0.25) is 4.79 Å². The van der Waals surface area contributed by atoms with Gasteiger partial charge in [-0.25, -0.2) is 8.42 Å². The van der Waals surface area contributed by atoms with E-state index in [1.54, 1.807) is 40.6 Å². The first-order chi connectivity index (χ1) is 11.5.